The lowest BCUT2D eigenvalue weighted by molar-refractivity contribution is -0.121. The number of carbonyl (C=O) groups is 2. The second kappa shape index (κ2) is 6.59. The molecule has 0 spiro atoms. The molecule has 0 saturated carbocycles. The standard InChI is InChI=1S/C12H21NO4/c1-4-10(14)11(8(2)3)13-12(15)17-9-5-6-16-7-9/h8-9,11H,4-7H2,1-3H3,(H,13,15)/t9-,11+/m1/s1. The fourth-order valence-electron chi connectivity index (χ4n) is 1.76. The number of Topliss-reactive ketones (excluding diaryl/α,β-unsaturated/α-hetero) is 1. The first-order chi connectivity index (χ1) is 8.04. The molecule has 98 valence electrons. The largest absolute Gasteiger partial charge is 0.444 e. The first-order valence-electron chi connectivity index (χ1n) is 6.12. The van der Waals surface area contributed by atoms with E-state index in [2.05, 4.69) is 5.32 Å². The van der Waals surface area contributed by atoms with Crippen LogP contribution in [-0.4, -0.2) is 37.2 Å². The van der Waals surface area contributed by atoms with Crippen molar-refractivity contribution in [2.24, 2.45) is 5.92 Å². The van der Waals surface area contributed by atoms with Crippen LogP contribution in [0.2, 0.25) is 0 Å². The number of nitrogens with one attached hydrogen (secondary N) is 1. The molecule has 5 heteroatoms. The third kappa shape index (κ3) is 4.34. The summed E-state index contributed by atoms with van der Waals surface area (Å²) in [6.45, 7) is 6.66. The van der Waals surface area contributed by atoms with Crippen molar-refractivity contribution in [1.29, 1.82) is 0 Å². The number of hydrogen-bond acceptors (Lipinski definition) is 4. The van der Waals surface area contributed by atoms with Gasteiger partial charge in [-0.15, -0.1) is 0 Å². The molecule has 2 atom stereocenters. The quantitative estimate of drug-likeness (QED) is 0.794. The minimum atomic E-state index is -0.527. The van der Waals surface area contributed by atoms with Gasteiger partial charge in [0.25, 0.3) is 0 Å². The summed E-state index contributed by atoms with van der Waals surface area (Å²) in [4.78, 5) is 23.2. The molecule has 1 rings (SSSR count). The highest BCUT2D eigenvalue weighted by atomic mass is 16.6. The molecule has 0 aromatic heterocycles. The van der Waals surface area contributed by atoms with E-state index >= 15 is 0 Å². The molecule has 1 N–H and O–H groups in total. The Labute approximate surface area is 102 Å². The van der Waals surface area contributed by atoms with Gasteiger partial charge in [-0.25, -0.2) is 4.79 Å². The van der Waals surface area contributed by atoms with Crippen molar-refractivity contribution in [3.05, 3.63) is 0 Å². The van der Waals surface area contributed by atoms with Gasteiger partial charge in [-0.05, 0) is 5.92 Å². The van der Waals surface area contributed by atoms with Crippen LogP contribution in [0.25, 0.3) is 0 Å². The van der Waals surface area contributed by atoms with Gasteiger partial charge >= 0.3 is 6.09 Å². The Morgan fingerprint density at radius 1 is 1.47 bits per heavy atom. The van der Waals surface area contributed by atoms with Crippen molar-refractivity contribution in [3.63, 3.8) is 0 Å². The van der Waals surface area contributed by atoms with Gasteiger partial charge in [-0.3, -0.25) is 4.79 Å². The molecule has 1 amide bonds. The lowest BCUT2D eigenvalue weighted by Gasteiger charge is -2.21. The molecule has 0 aliphatic carbocycles. The van der Waals surface area contributed by atoms with Crippen LogP contribution in [0, 0.1) is 5.92 Å². The summed E-state index contributed by atoms with van der Waals surface area (Å²) in [5.74, 6) is 0.0921. The van der Waals surface area contributed by atoms with E-state index in [1.165, 1.54) is 0 Å². The molecular weight excluding hydrogens is 222 g/mol. The number of rotatable bonds is 5. The third-order valence-electron chi connectivity index (χ3n) is 2.80. The lowest BCUT2D eigenvalue weighted by Crippen LogP contribution is -2.45. The summed E-state index contributed by atoms with van der Waals surface area (Å²) in [5.41, 5.74) is 0. The Kier molecular flexibility index (Phi) is 5.41. The molecule has 0 radical (unpaired) electrons. The summed E-state index contributed by atoms with van der Waals surface area (Å²) in [6.07, 6.45) is 0.428. The van der Waals surface area contributed by atoms with Gasteiger partial charge in [0, 0.05) is 12.8 Å². The third-order valence-corrected chi connectivity index (χ3v) is 2.80. The number of ketones is 1. The smallest absolute Gasteiger partial charge is 0.408 e. The van der Waals surface area contributed by atoms with Crippen molar-refractivity contribution >= 4 is 11.9 Å². The molecule has 1 heterocycles. The van der Waals surface area contributed by atoms with Crippen molar-refractivity contribution < 1.29 is 19.1 Å². The molecule has 0 aromatic carbocycles. The van der Waals surface area contributed by atoms with Gasteiger partial charge in [-0.2, -0.15) is 0 Å². The maximum atomic E-state index is 11.6. The van der Waals surface area contributed by atoms with Crippen molar-refractivity contribution in [1.82, 2.24) is 5.32 Å². The Hall–Kier alpha value is -1.10. The first-order valence-corrected chi connectivity index (χ1v) is 6.12. The lowest BCUT2D eigenvalue weighted by atomic mass is 9.99. The fourth-order valence-corrected chi connectivity index (χ4v) is 1.76. The minimum Gasteiger partial charge on any atom is -0.444 e. The maximum Gasteiger partial charge on any atom is 0.408 e. The van der Waals surface area contributed by atoms with E-state index in [0.29, 0.717) is 19.6 Å². The predicted octanol–water partition coefficient (Wildman–Crippen LogP) is 1.51. The molecule has 0 unspecified atom stereocenters. The highest BCUT2D eigenvalue weighted by Gasteiger charge is 2.25. The Bertz CT molecular complexity index is 272. The van der Waals surface area contributed by atoms with E-state index in [-0.39, 0.29) is 17.8 Å². The molecule has 1 aliphatic rings. The summed E-state index contributed by atoms with van der Waals surface area (Å²) < 4.78 is 10.3. The average Bonchev–Trinajstić information content (AvgIpc) is 2.77. The zero-order valence-corrected chi connectivity index (χ0v) is 10.7. The predicted molar refractivity (Wildman–Crippen MR) is 62.8 cm³/mol. The Balaban J connectivity index is 2.43. The normalized spacial score (nSPS) is 21.3. The van der Waals surface area contributed by atoms with Crippen LogP contribution in [0.3, 0.4) is 0 Å². The van der Waals surface area contributed by atoms with E-state index in [9.17, 15) is 9.59 Å². The highest BCUT2D eigenvalue weighted by molar-refractivity contribution is 5.87. The second-order valence-corrected chi connectivity index (χ2v) is 4.58. The summed E-state index contributed by atoms with van der Waals surface area (Å²) in [7, 11) is 0. The number of amides is 1. The highest BCUT2D eigenvalue weighted by Crippen LogP contribution is 2.10. The van der Waals surface area contributed by atoms with Crippen LogP contribution in [0.15, 0.2) is 0 Å². The van der Waals surface area contributed by atoms with E-state index in [0.717, 1.165) is 6.42 Å². The first kappa shape index (κ1) is 14.0. The molecule has 0 bridgehead atoms. The Morgan fingerprint density at radius 3 is 2.65 bits per heavy atom. The van der Waals surface area contributed by atoms with E-state index in [1.54, 1.807) is 6.92 Å². The van der Waals surface area contributed by atoms with Gasteiger partial charge < -0.3 is 14.8 Å². The van der Waals surface area contributed by atoms with E-state index in [1.807, 2.05) is 13.8 Å². The van der Waals surface area contributed by atoms with Crippen molar-refractivity contribution in [3.8, 4) is 0 Å². The van der Waals surface area contributed by atoms with Gasteiger partial charge in [-0.1, -0.05) is 20.8 Å². The van der Waals surface area contributed by atoms with Crippen LogP contribution < -0.4 is 5.32 Å². The van der Waals surface area contributed by atoms with Crippen LogP contribution in [0.4, 0.5) is 4.79 Å². The van der Waals surface area contributed by atoms with Gasteiger partial charge in [0.05, 0.1) is 19.3 Å². The molecule has 0 aromatic rings. The molecular formula is C12H21NO4. The fraction of sp³-hybridized carbons (Fsp3) is 0.833. The summed E-state index contributed by atoms with van der Waals surface area (Å²) in [5, 5.41) is 2.63. The number of hydrogen-bond donors (Lipinski definition) is 1. The minimum absolute atomic E-state index is 0.0274. The number of ether oxygens (including phenoxy) is 2. The molecule has 17 heavy (non-hydrogen) atoms. The molecule has 1 saturated heterocycles. The van der Waals surface area contributed by atoms with Gasteiger partial charge in [0.15, 0.2) is 5.78 Å². The van der Waals surface area contributed by atoms with E-state index in [4.69, 9.17) is 9.47 Å². The van der Waals surface area contributed by atoms with Crippen LogP contribution in [0.1, 0.15) is 33.6 Å². The zero-order chi connectivity index (χ0) is 12.8. The van der Waals surface area contributed by atoms with E-state index < -0.39 is 12.1 Å². The molecule has 1 fully saturated rings. The molecule has 1 aliphatic heterocycles. The van der Waals surface area contributed by atoms with Crippen LogP contribution in [-0.2, 0) is 14.3 Å². The monoisotopic (exact) mass is 243 g/mol. The summed E-state index contributed by atoms with van der Waals surface area (Å²) >= 11 is 0. The zero-order valence-electron chi connectivity index (χ0n) is 10.7. The van der Waals surface area contributed by atoms with Crippen LogP contribution in [0.5, 0.6) is 0 Å². The second-order valence-electron chi connectivity index (χ2n) is 4.58. The van der Waals surface area contributed by atoms with Gasteiger partial charge in [0.2, 0.25) is 0 Å². The van der Waals surface area contributed by atoms with Gasteiger partial charge in [0.1, 0.15) is 6.10 Å². The number of alkyl carbamates (subject to hydrolysis) is 1. The maximum absolute atomic E-state index is 11.6. The number of carbonyl (C=O) groups excluding carboxylic acids is 2. The topological polar surface area (TPSA) is 64.6 Å². The average molecular weight is 243 g/mol. The Morgan fingerprint density at radius 2 is 2.18 bits per heavy atom. The van der Waals surface area contributed by atoms with Crippen molar-refractivity contribution in [2.45, 2.75) is 45.8 Å². The summed E-state index contributed by atoms with van der Waals surface area (Å²) in [6, 6.07) is -0.463. The SMILES string of the molecule is CCC(=O)[C@@H](NC(=O)O[C@@H]1CCOC1)C(C)C. The van der Waals surface area contributed by atoms with Crippen molar-refractivity contribution in [2.75, 3.05) is 13.2 Å². The van der Waals surface area contributed by atoms with Crippen LogP contribution >= 0.6 is 0 Å². The molecule has 5 nitrogen and oxygen atoms in total.